The normalized spacial score (nSPS) is 9.94. The van der Waals surface area contributed by atoms with E-state index in [1.54, 1.807) is 25.4 Å². The van der Waals surface area contributed by atoms with E-state index in [0.29, 0.717) is 17.2 Å². The third kappa shape index (κ3) is 2.36. The lowest BCUT2D eigenvalue weighted by Crippen LogP contribution is -1.98. The van der Waals surface area contributed by atoms with Crippen molar-refractivity contribution in [2.75, 3.05) is 12.4 Å². The first kappa shape index (κ1) is 11.0. The first-order valence-electron chi connectivity index (χ1n) is 4.96. The largest absolute Gasteiger partial charge is 0.373 e. The van der Waals surface area contributed by atoms with Gasteiger partial charge in [0.25, 0.3) is 5.69 Å². The van der Waals surface area contributed by atoms with E-state index in [-0.39, 0.29) is 5.69 Å². The molecule has 0 fully saturated rings. The Morgan fingerprint density at radius 3 is 2.71 bits per heavy atom. The summed E-state index contributed by atoms with van der Waals surface area (Å²) in [6.07, 6.45) is 1.62. The Labute approximate surface area is 97.5 Å². The van der Waals surface area contributed by atoms with Gasteiger partial charge in [0.15, 0.2) is 0 Å². The molecule has 2 heterocycles. The van der Waals surface area contributed by atoms with Crippen molar-refractivity contribution in [3.05, 3.63) is 46.6 Å². The number of nitrogens with one attached hydrogen (secondary N) is 1. The Morgan fingerprint density at radius 2 is 2.12 bits per heavy atom. The van der Waals surface area contributed by atoms with Gasteiger partial charge in [0.1, 0.15) is 5.82 Å². The first-order chi connectivity index (χ1) is 8.20. The van der Waals surface area contributed by atoms with Gasteiger partial charge in [-0.3, -0.25) is 15.1 Å². The highest BCUT2D eigenvalue weighted by atomic mass is 16.6. The standard InChI is InChI=1S/C11H10N4O2/c1-12-11-7-8(15(16)17)6-10(14-11)9-4-2-3-5-13-9/h2-7H,1H3,(H,12,14). The topological polar surface area (TPSA) is 81.0 Å². The number of nitro groups is 1. The van der Waals surface area contributed by atoms with Crippen LogP contribution >= 0.6 is 0 Å². The van der Waals surface area contributed by atoms with Crippen molar-refractivity contribution < 1.29 is 4.92 Å². The molecule has 1 N–H and O–H groups in total. The maximum absolute atomic E-state index is 10.8. The van der Waals surface area contributed by atoms with Gasteiger partial charge < -0.3 is 5.32 Å². The minimum atomic E-state index is -0.449. The van der Waals surface area contributed by atoms with E-state index in [0.717, 1.165) is 0 Å². The molecule has 86 valence electrons. The number of nitrogens with zero attached hydrogens (tertiary/aromatic N) is 3. The molecule has 0 amide bonds. The molecule has 0 atom stereocenters. The van der Waals surface area contributed by atoms with Gasteiger partial charge in [0.2, 0.25) is 0 Å². The molecule has 2 rings (SSSR count). The zero-order chi connectivity index (χ0) is 12.3. The highest BCUT2D eigenvalue weighted by Crippen LogP contribution is 2.23. The van der Waals surface area contributed by atoms with Crippen LogP contribution in [0.1, 0.15) is 0 Å². The molecule has 0 aromatic carbocycles. The van der Waals surface area contributed by atoms with Gasteiger partial charge in [-0.15, -0.1) is 0 Å². The fourth-order valence-corrected chi connectivity index (χ4v) is 1.40. The predicted molar refractivity (Wildman–Crippen MR) is 63.7 cm³/mol. The number of hydrogen-bond acceptors (Lipinski definition) is 5. The van der Waals surface area contributed by atoms with Crippen LogP contribution in [0.3, 0.4) is 0 Å². The highest BCUT2D eigenvalue weighted by molar-refractivity contribution is 5.61. The minimum absolute atomic E-state index is 0.00926. The second kappa shape index (κ2) is 4.56. The van der Waals surface area contributed by atoms with E-state index < -0.39 is 4.92 Å². The van der Waals surface area contributed by atoms with E-state index in [2.05, 4.69) is 15.3 Å². The fourth-order valence-electron chi connectivity index (χ4n) is 1.40. The summed E-state index contributed by atoms with van der Waals surface area (Å²) in [5, 5.41) is 13.6. The molecule has 2 aromatic rings. The molecule has 0 saturated heterocycles. The SMILES string of the molecule is CNc1cc([N+](=O)[O-])cc(-c2ccccn2)n1. The maximum Gasteiger partial charge on any atom is 0.275 e. The van der Waals surface area contributed by atoms with Crippen LogP contribution in [0.15, 0.2) is 36.5 Å². The van der Waals surface area contributed by atoms with Crippen LogP contribution < -0.4 is 5.32 Å². The second-order valence-corrected chi connectivity index (χ2v) is 3.32. The van der Waals surface area contributed by atoms with Crippen molar-refractivity contribution in [2.24, 2.45) is 0 Å². The van der Waals surface area contributed by atoms with Crippen LogP contribution in [0.5, 0.6) is 0 Å². The van der Waals surface area contributed by atoms with Crippen molar-refractivity contribution in [3.8, 4) is 11.4 Å². The van der Waals surface area contributed by atoms with Crippen molar-refractivity contribution >= 4 is 11.5 Å². The molecule has 17 heavy (non-hydrogen) atoms. The molecule has 6 heteroatoms. The smallest absolute Gasteiger partial charge is 0.275 e. The Balaban J connectivity index is 2.54. The van der Waals surface area contributed by atoms with Gasteiger partial charge >= 0.3 is 0 Å². The Morgan fingerprint density at radius 1 is 1.29 bits per heavy atom. The molecule has 2 aromatic heterocycles. The number of hydrogen-bond donors (Lipinski definition) is 1. The molecule has 0 bridgehead atoms. The minimum Gasteiger partial charge on any atom is -0.373 e. The number of anilines is 1. The lowest BCUT2D eigenvalue weighted by atomic mass is 10.2. The van der Waals surface area contributed by atoms with Crippen LogP contribution in [0, 0.1) is 10.1 Å². The monoisotopic (exact) mass is 230 g/mol. The Hall–Kier alpha value is -2.50. The second-order valence-electron chi connectivity index (χ2n) is 3.32. The third-order valence-electron chi connectivity index (χ3n) is 2.20. The quantitative estimate of drug-likeness (QED) is 0.645. The summed E-state index contributed by atoms with van der Waals surface area (Å²) in [4.78, 5) is 18.7. The highest BCUT2D eigenvalue weighted by Gasteiger charge is 2.12. The molecule has 0 saturated carbocycles. The van der Waals surface area contributed by atoms with Gasteiger partial charge in [0.05, 0.1) is 22.4 Å². The number of rotatable bonds is 3. The predicted octanol–water partition coefficient (Wildman–Crippen LogP) is 2.09. The number of pyridine rings is 2. The zero-order valence-electron chi connectivity index (χ0n) is 9.12. The Kier molecular flexibility index (Phi) is 2.95. The van der Waals surface area contributed by atoms with Crippen molar-refractivity contribution in [1.82, 2.24) is 9.97 Å². The van der Waals surface area contributed by atoms with Gasteiger partial charge in [-0.25, -0.2) is 4.98 Å². The summed E-state index contributed by atoms with van der Waals surface area (Å²) in [7, 11) is 1.66. The molecule has 0 aliphatic heterocycles. The molecule has 0 aliphatic rings. The van der Waals surface area contributed by atoms with Crippen molar-refractivity contribution in [3.63, 3.8) is 0 Å². The third-order valence-corrected chi connectivity index (χ3v) is 2.20. The first-order valence-corrected chi connectivity index (χ1v) is 4.96. The summed E-state index contributed by atoms with van der Waals surface area (Å²) < 4.78 is 0. The zero-order valence-corrected chi connectivity index (χ0v) is 9.12. The summed E-state index contributed by atoms with van der Waals surface area (Å²) in [5.74, 6) is 0.444. The van der Waals surface area contributed by atoms with Crippen LogP contribution in [0.25, 0.3) is 11.4 Å². The summed E-state index contributed by atoms with van der Waals surface area (Å²) >= 11 is 0. The summed E-state index contributed by atoms with van der Waals surface area (Å²) in [5.41, 5.74) is 1.07. The van der Waals surface area contributed by atoms with E-state index >= 15 is 0 Å². The van der Waals surface area contributed by atoms with E-state index in [1.807, 2.05) is 6.07 Å². The van der Waals surface area contributed by atoms with Crippen molar-refractivity contribution in [1.29, 1.82) is 0 Å². The summed E-state index contributed by atoms with van der Waals surface area (Å²) in [6.45, 7) is 0. The fraction of sp³-hybridized carbons (Fsp3) is 0.0909. The van der Waals surface area contributed by atoms with Crippen LogP contribution in [0.4, 0.5) is 11.5 Å². The molecular formula is C11H10N4O2. The van der Waals surface area contributed by atoms with Gasteiger partial charge in [0, 0.05) is 19.3 Å². The Bertz CT molecular complexity index is 542. The molecule has 0 aliphatic carbocycles. The molecule has 0 unspecified atom stereocenters. The van der Waals surface area contributed by atoms with Gasteiger partial charge in [-0.2, -0.15) is 0 Å². The summed E-state index contributed by atoms with van der Waals surface area (Å²) in [6, 6.07) is 8.13. The van der Waals surface area contributed by atoms with E-state index in [4.69, 9.17) is 0 Å². The van der Waals surface area contributed by atoms with Crippen molar-refractivity contribution in [2.45, 2.75) is 0 Å². The van der Waals surface area contributed by atoms with Crippen LogP contribution in [-0.4, -0.2) is 21.9 Å². The van der Waals surface area contributed by atoms with Crippen LogP contribution in [0.2, 0.25) is 0 Å². The lowest BCUT2D eigenvalue weighted by Gasteiger charge is -2.03. The maximum atomic E-state index is 10.8. The molecular weight excluding hydrogens is 220 g/mol. The number of aromatic nitrogens is 2. The van der Waals surface area contributed by atoms with E-state index in [9.17, 15) is 10.1 Å². The molecule has 0 spiro atoms. The van der Waals surface area contributed by atoms with E-state index in [1.165, 1.54) is 12.1 Å². The lowest BCUT2D eigenvalue weighted by molar-refractivity contribution is -0.384. The molecule has 6 nitrogen and oxygen atoms in total. The average Bonchev–Trinajstić information content (AvgIpc) is 2.39. The van der Waals surface area contributed by atoms with Gasteiger partial charge in [-0.1, -0.05) is 6.07 Å². The van der Waals surface area contributed by atoms with Crippen LogP contribution in [-0.2, 0) is 0 Å². The molecule has 0 radical (unpaired) electrons. The average molecular weight is 230 g/mol. The van der Waals surface area contributed by atoms with Gasteiger partial charge in [-0.05, 0) is 12.1 Å².